The Morgan fingerprint density at radius 3 is 2.70 bits per heavy atom. The molecular formula is C15H12Cl2N2O4. The number of nitro groups is 1. The van der Waals surface area contributed by atoms with Crippen LogP contribution in [0.25, 0.3) is 0 Å². The third-order valence-corrected chi connectivity index (χ3v) is 3.73. The minimum absolute atomic E-state index is 0.0295. The topological polar surface area (TPSA) is 81.5 Å². The number of nitrogens with one attached hydrogen (secondary N) is 1. The van der Waals surface area contributed by atoms with Gasteiger partial charge in [-0.25, -0.2) is 0 Å². The van der Waals surface area contributed by atoms with Crippen LogP contribution in [-0.4, -0.2) is 17.9 Å². The van der Waals surface area contributed by atoms with Crippen LogP contribution < -0.4 is 10.1 Å². The van der Waals surface area contributed by atoms with Crippen molar-refractivity contribution in [1.82, 2.24) is 5.32 Å². The van der Waals surface area contributed by atoms with Crippen LogP contribution in [0.5, 0.6) is 5.75 Å². The van der Waals surface area contributed by atoms with Gasteiger partial charge in [-0.05, 0) is 24.3 Å². The summed E-state index contributed by atoms with van der Waals surface area (Å²) in [7, 11) is 1.51. The van der Waals surface area contributed by atoms with Crippen molar-refractivity contribution >= 4 is 34.8 Å². The summed E-state index contributed by atoms with van der Waals surface area (Å²) in [6.07, 6.45) is 0. The summed E-state index contributed by atoms with van der Waals surface area (Å²) in [6.45, 7) is 0.140. The number of amides is 1. The number of carbonyl (C=O) groups is 1. The van der Waals surface area contributed by atoms with Gasteiger partial charge < -0.3 is 10.1 Å². The zero-order valence-corrected chi connectivity index (χ0v) is 13.5. The van der Waals surface area contributed by atoms with E-state index < -0.39 is 10.8 Å². The first kappa shape index (κ1) is 17.1. The molecule has 0 aromatic heterocycles. The highest BCUT2D eigenvalue weighted by Crippen LogP contribution is 2.28. The third kappa shape index (κ3) is 3.91. The van der Waals surface area contributed by atoms with Gasteiger partial charge in [-0.2, -0.15) is 0 Å². The Hall–Kier alpha value is -2.31. The van der Waals surface area contributed by atoms with Crippen molar-refractivity contribution in [3.63, 3.8) is 0 Å². The molecule has 0 fully saturated rings. The number of halogens is 2. The van der Waals surface area contributed by atoms with Gasteiger partial charge >= 0.3 is 0 Å². The molecule has 0 aliphatic heterocycles. The fraction of sp³-hybridized carbons (Fsp3) is 0.133. The Labute approximate surface area is 142 Å². The van der Waals surface area contributed by atoms with Crippen molar-refractivity contribution in [3.05, 3.63) is 67.7 Å². The van der Waals surface area contributed by atoms with Crippen LogP contribution in [0.4, 0.5) is 5.69 Å². The number of methoxy groups -OCH3 is 1. The molecule has 23 heavy (non-hydrogen) atoms. The van der Waals surface area contributed by atoms with E-state index in [1.54, 1.807) is 18.2 Å². The van der Waals surface area contributed by atoms with E-state index in [4.69, 9.17) is 27.9 Å². The minimum Gasteiger partial charge on any atom is -0.496 e. The van der Waals surface area contributed by atoms with Gasteiger partial charge in [0.05, 0.1) is 17.6 Å². The highest BCUT2D eigenvalue weighted by atomic mass is 35.5. The highest BCUT2D eigenvalue weighted by molar-refractivity contribution is 6.35. The molecule has 0 saturated carbocycles. The van der Waals surface area contributed by atoms with Crippen LogP contribution >= 0.6 is 23.2 Å². The van der Waals surface area contributed by atoms with Crippen LogP contribution in [-0.2, 0) is 6.54 Å². The Kier molecular flexibility index (Phi) is 5.41. The third-order valence-electron chi connectivity index (χ3n) is 3.10. The van der Waals surface area contributed by atoms with Crippen LogP contribution in [0.1, 0.15) is 15.9 Å². The lowest BCUT2D eigenvalue weighted by Gasteiger charge is -2.11. The molecule has 1 amide bonds. The summed E-state index contributed by atoms with van der Waals surface area (Å²) < 4.78 is 5.19. The van der Waals surface area contributed by atoms with Gasteiger partial charge in [0.15, 0.2) is 0 Å². The molecule has 2 rings (SSSR count). The Morgan fingerprint density at radius 1 is 1.30 bits per heavy atom. The lowest BCUT2D eigenvalue weighted by molar-refractivity contribution is -0.384. The fourth-order valence-electron chi connectivity index (χ4n) is 1.99. The van der Waals surface area contributed by atoms with Crippen LogP contribution in [0, 0.1) is 10.1 Å². The van der Waals surface area contributed by atoms with Gasteiger partial charge in [0.25, 0.3) is 11.6 Å². The average molecular weight is 355 g/mol. The predicted octanol–water partition coefficient (Wildman–Crippen LogP) is 3.84. The fourth-order valence-corrected chi connectivity index (χ4v) is 2.47. The number of nitro benzene ring substituents is 1. The molecule has 0 bridgehead atoms. The largest absolute Gasteiger partial charge is 0.496 e. The van der Waals surface area contributed by atoms with Crippen LogP contribution in [0.15, 0.2) is 36.4 Å². The first-order chi connectivity index (χ1) is 10.9. The smallest absolute Gasteiger partial charge is 0.288 e. The number of carbonyl (C=O) groups excluding carboxylic acids is 1. The number of rotatable bonds is 5. The van der Waals surface area contributed by atoms with E-state index in [9.17, 15) is 14.9 Å². The molecule has 2 aromatic carbocycles. The number of hydrogen-bond donors (Lipinski definition) is 1. The molecule has 2 aromatic rings. The molecule has 0 unspecified atom stereocenters. The number of ether oxygens (including phenoxy) is 1. The van der Waals surface area contributed by atoms with Crippen molar-refractivity contribution < 1.29 is 14.5 Å². The molecule has 0 radical (unpaired) electrons. The summed E-state index contributed by atoms with van der Waals surface area (Å²) in [5.41, 5.74) is 0.386. The maximum Gasteiger partial charge on any atom is 0.288 e. The van der Waals surface area contributed by atoms with Crippen molar-refractivity contribution in [3.8, 4) is 5.75 Å². The molecule has 0 saturated heterocycles. The zero-order valence-electron chi connectivity index (χ0n) is 12.0. The van der Waals surface area contributed by atoms with Crippen LogP contribution in [0.3, 0.4) is 0 Å². The molecular weight excluding hydrogens is 343 g/mol. The summed E-state index contributed by atoms with van der Waals surface area (Å²) in [5, 5.41) is 13.8. The molecule has 0 aliphatic rings. The van der Waals surface area contributed by atoms with E-state index in [-0.39, 0.29) is 22.8 Å². The van der Waals surface area contributed by atoms with Crippen molar-refractivity contribution in [2.24, 2.45) is 0 Å². The summed E-state index contributed by atoms with van der Waals surface area (Å²) in [4.78, 5) is 22.4. The van der Waals surface area contributed by atoms with Crippen molar-refractivity contribution in [1.29, 1.82) is 0 Å². The first-order valence-corrected chi connectivity index (χ1v) is 7.23. The predicted molar refractivity (Wildman–Crippen MR) is 87.3 cm³/mol. The molecule has 0 heterocycles. The standard InChI is InChI=1S/C15H12Cl2N2O4/c1-23-13-6-5-10(16)7-9(13)8-18-15(20)11-3-2-4-12(14(11)17)19(21)22/h2-7H,8H2,1H3,(H,18,20). The zero-order chi connectivity index (χ0) is 17.0. The van der Waals surface area contributed by atoms with Crippen molar-refractivity contribution in [2.45, 2.75) is 6.54 Å². The SMILES string of the molecule is COc1ccc(Cl)cc1CNC(=O)c1cccc([N+](=O)[O-])c1Cl. The molecule has 0 aliphatic carbocycles. The second-order valence-electron chi connectivity index (χ2n) is 4.53. The lowest BCUT2D eigenvalue weighted by atomic mass is 10.1. The Morgan fingerprint density at radius 2 is 2.04 bits per heavy atom. The monoisotopic (exact) mass is 354 g/mol. The molecule has 6 nitrogen and oxygen atoms in total. The summed E-state index contributed by atoms with van der Waals surface area (Å²) in [6, 6.07) is 9.07. The van der Waals surface area contributed by atoms with Gasteiger partial charge in [-0.3, -0.25) is 14.9 Å². The number of nitrogens with zero attached hydrogens (tertiary/aromatic N) is 1. The second-order valence-corrected chi connectivity index (χ2v) is 5.35. The quantitative estimate of drug-likeness (QED) is 0.653. The van der Waals surface area contributed by atoms with E-state index in [2.05, 4.69) is 5.32 Å². The molecule has 1 N–H and O–H groups in total. The average Bonchev–Trinajstić information content (AvgIpc) is 2.52. The van der Waals surface area contributed by atoms with E-state index >= 15 is 0 Å². The second kappa shape index (κ2) is 7.30. The molecule has 120 valence electrons. The van der Waals surface area contributed by atoms with Gasteiger partial charge in [0, 0.05) is 23.2 Å². The first-order valence-electron chi connectivity index (χ1n) is 6.47. The van der Waals surface area contributed by atoms with Gasteiger partial charge in [-0.1, -0.05) is 29.3 Å². The highest BCUT2D eigenvalue weighted by Gasteiger charge is 2.20. The normalized spacial score (nSPS) is 10.2. The van der Waals surface area contributed by atoms with Gasteiger partial charge in [0.1, 0.15) is 10.8 Å². The maximum absolute atomic E-state index is 12.2. The van der Waals surface area contributed by atoms with Crippen molar-refractivity contribution in [2.75, 3.05) is 7.11 Å². The van der Waals surface area contributed by atoms with E-state index in [1.807, 2.05) is 0 Å². The Balaban J connectivity index is 2.19. The Bertz CT molecular complexity index is 765. The van der Waals surface area contributed by atoms with E-state index in [0.29, 0.717) is 16.3 Å². The number of benzene rings is 2. The lowest BCUT2D eigenvalue weighted by Crippen LogP contribution is -2.23. The molecule has 0 spiro atoms. The maximum atomic E-state index is 12.2. The van der Waals surface area contributed by atoms with Crippen LogP contribution in [0.2, 0.25) is 10.0 Å². The van der Waals surface area contributed by atoms with E-state index in [1.165, 1.54) is 25.3 Å². The van der Waals surface area contributed by atoms with E-state index in [0.717, 1.165) is 0 Å². The van der Waals surface area contributed by atoms with Gasteiger partial charge in [0.2, 0.25) is 0 Å². The summed E-state index contributed by atoms with van der Waals surface area (Å²) in [5.74, 6) is 0.0422. The van der Waals surface area contributed by atoms with Gasteiger partial charge in [-0.15, -0.1) is 0 Å². The summed E-state index contributed by atoms with van der Waals surface area (Å²) >= 11 is 11.8. The minimum atomic E-state index is -0.640. The molecule has 0 atom stereocenters. The number of hydrogen-bond acceptors (Lipinski definition) is 4. The molecule has 8 heteroatoms.